The van der Waals surface area contributed by atoms with Crippen LogP contribution in [0.1, 0.15) is 31.1 Å². The van der Waals surface area contributed by atoms with E-state index in [1.54, 1.807) is 36.4 Å². The molecule has 1 atom stereocenters. The van der Waals surface area contributed by atoms with Crippen LogP contribution in [0, 0.1) is 0 Å². The fraction of sp³-hybridized carbons (Fsp3) is 0.167. The number of alkyl halides is 3. The summed E-state index contributed by atoms with van der Waals surface area (Å²) < 4.78 is 51.2. The number of nitrogens with zero attached hydrogens (tertiary/aromatic N) is 1. The minimum Gasteiger partial charge on any atom is -0.478 e. The van der Waals surface area contributed by atoms with Crippen molar-refractivity contribution < 1.29 is 32.2 Å². The number of hydrogen-bond acceptors (Lipinski definition) is 4. The van der Waals surface area contributed by atoms with Gasteiger partial charge >= 0.3 is 12.1 Å². The Kier molecular flexibility index (Phi) is 7.28. The fourth-order valence-corrected chi connectivity index (χ4v) is 3.22. The van der Waals surface area contributed by atoms with Gasteiger partial charge in [0.1, 0.15) is 11.3 Å². The predicted molar refractivity (Wildman–Crippen MR) is 118 cm³/mol. The molecule has 0 aliphatic carbocycles. The highest BCUT2D eigenvalue weighted by atomic mass is 35.5. The van der Waals surface area contributed by atoms with Gasteiger partial charge in [-0.05, 0) is 42.5 Å². The zero-order valence-corrected chi connectivity index (χ0v) is 18.3. The third-order valence-electron chi connectivity index (χ3n) is 4.45. The molecule has 1 unspecified atom stereocenters. The lowest BCUT2D eigenvalue weighted by molar-refractivity contribution is -0.145. The van der Waals surface area contributed by atoms with Crippen molar-refractivity contribution in [1.29, 1.82) is 0 Å². The number of carboxylic acids is 1. The summed E-state index contributed by atoms with van der Waals surface area (Å²) >= 11 is 5.94. The van der Waals surface area contributed by atoms with Gasteiger partial charge in [-0.1, -0.05) is 49.7 Å². The maximum absolute atomic E-state index is 13.3. The number of oxazole rings is 1. The first-order chi connectivity index (χ1) is 15.7. The van der Waals surface area contributed by atoms with E-state index in [0.717, 1.165) is 18.2 Å². The number of rotatable bonds is 5. The molecular weight excluding hydrogens is 459 g/mol. The average molecular weight is 478 g/mol. The molecule has 5 nitrogen and oxygen atoms in total. The minimum absolute atomic E-state index is 0.126. The number of halogens is 4. The molecule has 0 aliphatic heterocycles. The fourth-order valence-electron chi connectivity index (χ4n) is 3.02. The normalized spacial score (nSPS) is 12.1. The quantitative estimate of drug-likeness (QED) is 0.324. The molecule has 4 aromatic rings. The molecule has 0 aliphatic rings. The Balaban J connectivity index is 0.00000149. The van der Waals surface area contributed by atoms with E-state index in [4.69, 9.17) is 20.8 Å². The maximum Gasteiger partial charge on any atom is 0.416 e. The van der Waals surface area contributed by atoms with Crippen molar-refractivity contribution in [1.82, 2.24) is 4.98 Å². The Morgan fingerprint density at radius 3 is 2.42 bits per heavy atom. The van der Waals surface area contributed by atoms with E-state index in [2.05, 4.69) is 4.98 Å². The highest BCUT2D eigenvalue weighted by Crippen LogP contribution is 2.39. The topological polar surface area (TPSA) is 72.6 Å². The molecular formula is C24H19ClF3NO4. The number of aromatic nitrogens is 1. The van der Waals surface area contributed by atoms with E-state index >= 15 is 0 Å². The van der Waals surface area contributed by atoms with Gasteiger partial charge in [0.15, 0.2) is 5.58 Å². The van der Waals surface area contributed by atoms with Crippen molar-refractivity contribution in [3.05, 3.63) is 82.9 Å². The summed E-state index contributed by atoms with van der Waals surface area (Å²) in [6.45, 7) is 4.00. The van der Waals surface area contributed by atoms with Crippen LogP contribution in [0.15, 0.2) is 71.1 Å². The van der Waals surface area contributed by atoms with Crippen molar-refractivity contribution >= 4 is 28.7 Å². The van der Waals surface area contributed by atoms with E-state index in [-0.39, 0.29) is 22.8 Å². The van der Waals surface area contributed by atoms with Crippen molar-refractivity contribution in [2.45, 2.75) is 26.1 Å². The highest BCUT2D eigenvalue weighted by Gasteiger charge is 2.33. The van der Waals surface area contributed by atoms with Crippen LogP contribution in [-0.4, -0.2) is 16.1 Å². The second-order valence-corrected chi connectivity index (χ2v) is 7.02. The van der Waals surface area contributed by atoms with Crippen LogP contribution in [0.4, 0.5) is 13.2 Å². The number of carbonyl (C=O) groups is 1. The number of fused-ring (bicyclic) bond motifs is 1. The van der Waals surface area contributed by atoms with Crippen LogP contribution >= 0.6 is 11.6 Å². The van der Waals surface area contributed by atoms with Gasteiger partial charge in [-0.15, -0.1) is 0 Å². The molecule has 0 spiro atoms. The number of hydrogen-bond donors (Lipinski definition) is 1. The average Bonchev–Trinajstić information content (AvgIpc) is 3.22. The lowest BCUT2D eigenvalue weighted by Crippen LogP contribution is -2.18. The predicted octanol–water partition coefficient (Wildman–Crippen LogP) is 7.40. The molecule has 4 rings (SSSR count). The van der Waals surface area contributed by atoms with Crippen LogP contribution in [0.25, 0.3) is 22.6 Å². The molecule has 172 valence electrons. The van der Waals surface area contributed by atoms with Crippen LogP contribution < -0.4 is 4.74 Å². The van der Waals surface area contributed by atoms with Gasteiger partial charge in [0.25, 0.3) is 0 Å². The molecule has 0 radical (unpaired) electrons. The van der Waals surface area contributed by atoms with Crippen LogP contribution in [0.3, 0.4) is 0 Å². The van der Waals surface area contributed by atoms with Crippen LogP contribution in [0.5, 0.6) is 5.75 Å². The van der Waals surface area contributed by atoms with Crippen molar-refractivity contribution in [3.8, 4) is 17.2 Å². The van der Waals surface area contributed by atoms with Gasteiger partial charge in [-0.3, -0.25) is 0 Å². The summed E-state index contributed by atoms with van der Waals surface area (Å²) in [6, 6.07) is 15.3. The summed E-state index contributed by atoms with van der Waals surface area (Å²) in [4.78, 5) is 16.1. The van der Waals surface area contributed by atoms with Crippen molar-refractivity contribution in [3.63, 3.8) is 0 Å². The third kappa shape index (κ3) is 5.46. The Morgan fingerprint density at radius 2 is 1.79 bits per heavy atom. The molecule has 9 heteroatoms. The van der Waals surface area contributed by atoms with Crippen molar-refractivity contribution in [2.24, 2.45) is 0 Å². The summed E-state index contributed by atoms with van der Waals surface area (Å²) in [5.74, 6) is -1.60. The Labute approximate surface area is 192 Å². The number of para-hydroxylation sites is 2. The van der Waals surface area contributed by atoms with Crippen molar-refractivity contribution in [2.75, 3.05) is 0 Å². The first-order valence-electron chi connectivity index (χ1n) is 9.94. The number of aliphatic carboxylic acids is 1. The lowest BCUT2D eigenvalue weighted by atomic mass is 10.1. The van der Waals surface area contributed by atoms with Gasteiger partial charge in [0, 0.05) is 10.6 Å². The van der Waals surface area contributed by atoms with Gasteiger partial charge < -0.3 is 14.3 Å². The monoisotopic (exact) mass is 477 g/mol. The summed E-state index contributed by atoms with van der Waals surface area (Å²) in [6.07, 6.45) is -6.14. The van der Waals surface area contributed by atoms with Gasteiger partial charge in [-0.2, -0.15) is 13.2 Å². The lowest BCUT2D eigenvalue weighted by Gasteiger charge is -2.18. The summed E-state index contributed by atoms with van der Waals surface area (Å²) in [5, 5.41) is 9.94. The first kappa shape index (κ1) is 24.1. The molecule has 0 saturated heterocycles. The maximum atomic E-state index is 13.3. The third-order valence-corrected chi connectivity index (χ3v) is 4.69. The molecule has 1 heterocycles. The summed E-state index contributed by atoms with van der Waals surface area (Å²) in [5.41, 5.74) is -0.0505. The summed E-state index contributed by atoms with van der Waals surface area (Å²) in [7, 11) is 0. The highest BCUT2D eigenvalue weighted by molar-refractivity contribution is 6.30. The smallest absolute Gasteiger partial charge is 0.416 e. The molecule has 1 aromatic heterocycles. The number of benzene rings is 3. The van der Waals surface area contributed by atoms with Gasteiger partial charge in [-0.25, -0.2) is 9.78 Å². The van der Waals surface area contributed by atoms with E-state index in [0.29, 0.717) is 16.1 Å². The zero-order chi connectivity index (χ0) is 24.2. The van der Waals surface area contributed by atoms with E-state index in [1.165, 1.54) is 12.1 Å². The molecule has 0 fully saturated rings. The first-order valence-corrected chi connectivity index (χ1v) is 10.3. The molecule has 1 N–H and O–H groups in total. The largest absolute Gasteiger partial charge is 0.478 e. The molecule has 0 saturated carbocycles. The van der Waals surface area contributed by atoms with Gasteiger partial charge in [0.05, 0.1) is 11.1 Å². The number of carboxylic acid groups (broad SMARTS) is 1. The Morgan fingerprint density at radius 1 is 1.06 bits per heavy atom. The van der Waals surface area contributed by atoms with E-state index in [9.17, 15) is 23.1 Å². The SMILES string of the molecule is CC.O=C(O)C(Oc1ccc(C(F)(F)F)cc1-c1nc2ccccc2o1)c1cccc(Cl)c1. The van der Waals surface area contributed by atoms with Crippen LogP contribution in [0.2, 0.25) is 5.02 Å². The minimum atomic E-state index is -4.63. The molecule has 0 bridgehead atoms. The molecule has 3 aromatic carbocycles. The zero-order valence-electron chi connectivity index (χ0n) is 17.6. The Bertz CT molecular complexity index is 1240. The number of ether oxygens (including phenoxy) is 1. The molecule has 33 heavy (non-hydrogen) atoms. The second kappa shape index (κ2) is 9.95. The van der Waals surface area contributed by atoms with E-state index < -0.39 is 23.8 Å². The van der Waals surface area contributed by atoms with E-state index in [1.807, 2.05) is 13.8 Å². The van der Waals surface area contributed by atoms with Gasteiger partial charge in [0.2, 0.25) is 12.0 Å². The molecule has 0 amide bonds. The Hall–Kier alpha value is -3.52. The standard InChI is InChI=1S/C22H13ClF3NO4.C2H6/c23-14-5-3-4-12(10-14)19(21(28)29)30-17-9-8-13(22(24,25)26)11-15(17)20-27-16-6-1-2-7-18(16)31-20;1-2/h1-11,19H,(H,28,29);1-2H3. The second-order valence-electron chi connectivity index (χ2n) is 6.59. The van der Waals surface area contributed by atoms with Crippen LogP contribution in [-0.2, 0) is 11.0 Å².